The monoisotopic (exact) mass is 421 g/mol. The molecule has 7 nitrogen and oxygen atoms in total. The van der Waals surface area contributed by atoms with Crippen molar-refractivity contribution in [3.63, 3.8) is 0 Å². The largest absolute Gasteiger partial charge is 0.497 e. The second kappa shape index (κ2) is 7.80. The van der Waals surface area contributed by atoms with E-state index in [0.29, 0.717) is 32.5 Å². The summed E-state index contributed by atoms with van der Waals surface area (Å²) in [6, 6.07) is 16.4. The molecule has 1 saturated heterocycles. The third-order valence-corrected chi connectivity index (χ3v) is 6.40. The molecule has 0 radical (unpaired) electrons. The van der Waals surface area contributed by atoms with Gasteiger partial charge in [0, 0.05) is 37.9 Å². The van der Waals surface area contributed by atoms with Crippen LogP contribution in [0.25, 0.3) is 0 Å². The molecule has 0 N–H and O–H groups in total. The van der Waals surface area contributed by atoms with Gasteiger partial charge in [0.05, 0.1) is 25.5 Å². The fourth-order valence-electron chi connectivity index (χ4n) is 4.77. The number of piperidine rings is 1. The van der Waals surface area contributed by atoms with Gasteiger partial charge in [-0.15, -0.1) is 0 Å². The second-order valence-electron chi connectivity index (χ2n) is 8.11. The van der Waals surface area contributed by atoms with E-state index in [1.807, 2.05) is 37.3 Å². The molecule has 162 valence electrons. The lowest BCUT2D eigenvalue weighted by atomic mass is 9.91. The molecular weight excluding hydrogens is 394 g/mol. The van der Waals surface area contributed by atoms with Crippen molar-refractivity contribution >= 4 is 11.8 Å². The average molecular weight is 421 g/mol. The van der Waals surface area contributed by atoms with E-state index in [1.165, 1.54) is 0 Å². The van der Waals surface area contributed by atoms with E-state index in [4.69, 9.17) is 19.3 Å². The molecule has 3 aliphatic rings. The minimum absolute atomic E-state index is 0.121. The van der Waals surface area contributed by atoms with Crippen LogP contribution in [-0.4, -0.2) is 54.2 Å². The number of methoxy groups -OCH3 is 1. The van der Waals surface area contributed by atoms with Gasteiger partial charge >= 0.3 is 6.09 Å². The van der Waals surface area contributed by atoms with Gasteiger partial charge in [-0.1, -0.05) is 18.2 Å². The van der Waals surface area contributed by atoms with Crippen LogP contribution in [0.5, 0.6) is 11.5 Å². The summed E-state index contributed by atoms with van der Waals surface area (Å²) in [5.41, 5.74) is 2.73. The Morgan fingerprint density at radius 3 is 2.61 bits per heavy atom. The Morgan fingerprint density at radius 1 is 1.16 bits per heavy atom. The molecule has 5 rings (SSSR count). The number of nitrogens with zero attached hydrogens (tertiary/aromatic N) is 3. The molecule has 1 fully saturated rings. The van der Waals surface area contributed by atoms with E-state index >= 15 is 0 Å². The molecule has 0 aromatic heterocycles. The highest BCUT2D eigenvalue weighted by atomic mass is 16.6. The van der Waals surface area contributed by atoms with Gasteiger partial charge < -0.3 is 19.1 Å². The number of carbonyl (C=O) groups excluding carboxylic acids is 1. The Kier molecular flexibility index (Phi) is 4.96. The number of benzene rings is 2. The number of hydrazone groups is 1. The molecule has 7 heteroatoms. The minimum Gasteiger partial charge on any atom is -0.497 e. The van der Waals surface area contributed by atoms with Gasteiger partial charge in [0.15, 0.2) is 0 Å². The minimum atomic E-state index is -0.559. The lowest BCUT2D eigenvalue weighted by molar-refractivity contribution is -0.147. The molecule has 31 heavy (non-hydrogen) atoms. The van der Waals surface area contributed by atoms with Crippen molar-refractivity contribution in [3.05, 3.63) is 59.7 Å². The van der Waals surface area contributed by atoms with Gasteiger partial charge in [0.25, 0.3) is 0 Å². The number of hydrogen-bond donors (Lipinski definition) is 0. The van der Waals surface area contributed by atoms with Crippen LogP contribution < -0.4 is 9.47 Å². The zero-order chi connectivity index (χ0) is 21.4. The van der Waals surface area contributed by atoms with Gasteiger partial charge in [-0.25, -0.2) is 9.80 Å². The molecule has 3 heterocycles. The van der Waals surface area contributed by atoms with E-state index < -0.39 is 5.72 Å². The summed E-state index contributed by atoms with van der Waals surface area (Å²) in [4.78, 5) is 14.0. The molecule has 0 saturated carbocycles. The predicted molar refractivity (Wildman–Crippen MR) is 116 cm³/mol. The Hall–Kier alpha value is -3.22. The summed E-state index contributed by atoms with van der Waals surface area (Å²) >= 11 is 0. The summed E-state index contributed by atoms with van der Waals surface area (Å²) in [6.07, 6.45) is 1.91. The van der Waals surface area contributed by atoms with Crippen LogP contribution in [0.3, 0.4) is 0 Å². The molecule has 2 aromatic carbocycles. The number of hydrogen-bond acceptors (Lipinski definition) is 6. The van der Waals surface area contributed by atoms with E-state index in [1.54, 1.807) is 12.0 Å². The number of para-hydroxylation sites is 1. The number of ether oxygens (including phenoxy) is 3. The lowest BCUT2D eigenvalue weighted by Crippen LogP contribution is -2.59. The van der Waals surface area contributed by atoms with Crippen molar-refractivity contribution in [2.24, 2.45) is 5.10 Å². The maximum Gasteiger partial charge on any atom is 0.409 e. The maximum atomic E-state index is 12.2. The summed E-state index contributed by atoms with van der Waals surface area (Å²) in [6.45, 7) is 3.37. The summed E-state index contributed by atoms with van der Waals surface area (Å²) in [5.74, 6) is 1.75. The van der Waals surface area contributed by atoms with E-state index in [2.05, 4.69) is 23.2 Å². The Bertz CT molecular complexity index is 996. The molecule has 3 aliphatic heterocycles. The molecule has 1 unspecified atom stereocenters. The summed E-state index contributed by atoms with van der Waals surface area (Å²) in [7, 11) is 1.67. The first-order chi connectivity index (χ1) is 15.1. The summed E-state index contributed by atoms with van der Waals surface area (Å²) in [5, 5.41) is 7.22. The number of fused-ring (bicyclic) bond motifs is 4. The molecule has 2 aromatic rings. The van der Waals surface area contributed by atoms with Crippen LogP contribution in [0, 0.1) is 0 Å². The van der Waals surface area contributed by atoms with E-state index in [9.17, 15) is 4.79 Å². The highest BCUT2D eigenvalue weighted by molar-refractivity contribution is 6.02. The SMILES string of the molecule is CCOC(=O)N1CCC2(CC1)Oc1ccccc1C1CC(c3ccc(OC)cc3)=NN12. The molecule has 0 bridgehead atoms. The first-order valence-corrected chi connectivity index (χ1v) is 10.8. The molecular formula is C24H27N3O4. The van der Waals surface area contributed by atoms with Crippen LogP contribution in [0.15, 0.2) is 53.6 Å². The Morgan fingerprint density at radius 2 is 1.90 bits per heavy atom. The topological polar surface area (TPSA) is 63.6 Å². The highest BCUT2D eigenvalue weighted by Crippen LogP contribution is 2.49. The van der Waals surface area contributed by atoms with Crippen molar-refractivity contribution < 1.29 is 19.0 Å². The third kappa shape index (κ3) is 3.38. The van der Waals surface area contributed by atoms with Gasteiger partial charge in [-0.05, 0) is 42.8 Å². The van der Waals surface area contributed by atoms with Gasteiger partial charge in [0.2, 0.25) is 5.72 Å². The van der Waals surface area contributed by atoms with E-state index in [-0.39, 0.29) is 12.1 Å². The zero-order valence-corrected chi connectivity index (χ0v) is 17.9. The first-order valence-electron chi connectivity index (χ1n) is 10.8. The van der Waals surface area contributed by atoms with E-state index in [0.717, 1.165) is 34.8 Å². The average Bonchev–Trinajstić information content (AvgIpc) is 3.27. The standard InChI is InChI=1S/C24H27N3O4/c1-3-30-23(28)26-14-12-24(13-15-26)27-21(19-6-4-5-7-22(19)31-24)16-20(25-27)17-8-10-18(29-2)11-9-17/h4-11,21H,3,12-16H2,1-2H3. The fourth-order valence-corrected chi connectivity index (χ4v) is 4.77. The van der Waals surface area contributed by atoms with Gasteiger partial charge in [-0.3, -0.25) is 0 Å². The highest BCUT2D eigenvalue weighted by Gasteiger charge is 2.52. The quantitative estimate of drug-likeness (QED) is 0.744. The van der Waals surface area contributed by atoms with Crippen molar-refractivity contribution in [1.82, 2.24) is 9.91 Å². The van der Waals surface area contributed by atoms with Crippen molar-refractivity contribution in [2.75, 3.05) is 26.8 Å². The second-order valence-corrected chi connectivity index (χ2v) is 8.11. The van der Waals surface area contributed by atoms with Crippen LogP contribution in [0.4, 0.5) is 4.79 Å². The molecule has 1 amide bonds. The third-order valence-electron chi connectivity index (χ3n) is 6.40. The zero-order valence-electron chi connectivity index (χ0n) is 17.9. The van der Waals surface area contributed by atoms with Crippen LogP contribution >= 0.6 is 0 Å². The number of amides is 1. The van der Waals surface area contributed by atoms with Crippen molar-refractivity contribution in [2.45, 2.75) is 38.0 Å². The normalized spacial score (nSPS) is 21.1. The molecule has 1 spiro atoms. The fraction of sp³-hybridized carbons (Fsp3) is 0.417. The first kappa shape index (κ1) is 19.7. The van der Waals surface area contributed by atoms with Crippen molar-refractivity contribution in [3.8, 4) is 11.5 Å². The lowest BCUT2D eigenvalue weighted by Gasteiger charge is -2.50. The van der Waals surface area contributed by atoms with Crippen LogP contribution in [0.1, 0.15) is 43.4 Å². The molecule has 0 aliphatic carbocycles. The molecule has 1 atom stereocenters. The smallest absolute Gasteiger partial charge is 0.409 e. The maximum absolute atomic E-state index is 12.2. The van der Waals surface area contributed by atoms with Gasteiger partial charge in [0.1, 0.15) is 11.5 Å². The Labute approximate surface area is 182 Å². The number of carbonyl (C=O) groups is 1. The predicted octanol–water partition coefficient (Wildman–Crippen LogP) is 4.19. The number of likely N-dealkylation sites (tertiary alicyclic amines) is 1. The van der Waals surface area contributed by atoms with Gasteiger partial charge in [-0.2, -0.15) is 5.10 Å². The summed E-state index contributed by atoms with van der Waals surface area (Å²) < 4.78 is 17.1. The van der Waals surface area contributed by atoms with Crippen molar-refractivity contribution in [1.29, 1.82) is 0 Å². The number of rotatable bonds is 3. The van der Waals surface area contributed by atoms with Crippen LogP contribution in [0.2, 0.25) is 0 Å². The van der Waals surface area contributed by atoms with Crippen LogP contribution in [-0.2, 0) is 4.74 Å². The Balaban J connectivity index is 1.46.